The molecule has 7 heteroatoms. The highest BCUT2D eigenvalue weighted by atomic mass is 35.5. The second kappa shape index (κ2) is 7.57. The average molecular weight is 419 g/mol. The maximum absolute atomic E-state index is 14.4. The third kappa shape index (κ3) is 3.19. The van der Waals surface area contributed by atoms with Crippen LogP contribution in [0.2, 0.25) is 10.0 Å². The Morgan fingerprint density at radius 3 is 2.29 bits per heavy atom. The second-order valence-electron chi connectivity index (χ2n) is 6.79. The number of para-hydroxylation sites is 1. The highest BCUT2D eigenvalue weighted by molar-refractivity contribution is 6.47. The van der Waals surface area contributed by atoms with Crippen LogP contribution in [0, 0.1) is 5.82 Å². The topological polar surface area (TPSA) is 40.6 Å². The van der Waals surface area contributed by atoms with Gasteiger partial charge in [-0.15, -0.1) is 0 Å². The van der Waals surface area contributed by atoms with Crippen molar-refractivity contribution in [2.75, 3.05) is 18.0 Å². The summed E-state index contributed by atoms with van der Waals surface area (Å²) >= 11 is 12.4. The molecule has 2 aromatic rings. The summed E-state index contributed by atoms with van der Waals surface area (Å²) in [6.45, 7) is 1.32. The van der Waals surface area contributed by atoms with Crippen molar-refractivity contribution in [3.05, 3.63) is 69.6 Å². The molecule has 2 heterocycles. The maximum Gasteiger partial charge on any atom is 0.282 e. The fourth-order valence-corrected chi connectivity index (χ4v) is 4.22. The van der Waals surface area contributed by atoms with Gasteiger partial charge in [-0.25, -0.2) is 9.29 Å². The number of benzene rings is 2. The van der Waals surface area contributed by atoms with Crippen LogP contribution in [0.1, 0.15) is 24.8 Å². The molecule has 2 amide bonds. The lowest BCUT2D eigenvalue weighted by Crippen LogP contribution is -2.37. The van der Waals surface area contributed by atoms with E-state index in [2.05, 4.69) is 0 Å². The predicted octanol–water partition coefficient (Wildman–Crippen LogP) is 4.90. The van der Waals surface area contributed by atoms with Gasteiger partial charge < -0.3 is 4.90 Å². The molecule has 144 valence electrons. The zero-order valence-corrected chi connectivity index (χ0v) is 16.4. The van der Waals surface area contributed by atoms with Gasteiger partial charge in [0, 0.05) is 23.7 Å². The van der Waals surface area contributed by atoms with Crippen LogP contribution in [0.3, 0.4) is 0 Å². The van der Waals surface area contributed by atoms with Crippen molar-refractivity contribution in [2.45, 2.75) is 19.3 Å². The molecule has 0 unspecified atom stereocenters. The lowest BCUT2D eigenvalue weighted by molar-refractivity contribution is -0.120. The van der Waals surface area contributed by atoms with E-state index in [4.69, 9.17) is 23.2 Å². The summed E-state index contributed by atoms with van der Waals surface area (Å²) in [6, 6.07) is 10.5. The van der Waals surface area contributed by atoms with Crippen molar-refractivity contribution in [2.24, 2.45) is 0 Å². The Balaban J connectivity index is 1.88. The molecule has 0 radical (unpaired) electrons. The minimum absolute atomic E-state index is 0.0629. The van der Waals surface area contributed by atoms with E-state index in [1.165, 1.54) is 24.3 Å². The molecule has 0 bridgehead atoms. The van der Waals surface area contributed by atoms with E-state index in [-0.39, 0.29) is 22.0 Å². The Morgan fingerprint density at radius 1 is 0.893 bits per heavy atom. The number of likely N-dealkylation sites (tertiary alicyclic amines) is 1. The van der Waals surface area contributed by atoms with Gasteiger partial charge in [-0.2, -0.15) is 0 Å². The first-order valence-corrected chi connectivity index (χ1v) is 9.82. The summed E-state index contributed by atoms with van der Waals surface area (Å²) in [5.74, 6) is -1.75. The van der Waals surface area contributed by atoms with Crippen LogP contribution in [-0.4, -0.2) is 29.8 Å². The molecule has 2 aliphatic rings. The van der Waals surface area contributed by atoms with E-state index >= 15 is 0 Å². The van der Waals surface area contributed by atoms with Gasteiger partial charge >= 0.3 is 0 Å². The first-order valence-electron chi connectivity index (χ1n) is 9.07. The largest absolute Gasteiger partial charge is 0.366 e. The Hall–Kier alpha value is -2.37. The monoisotopic (exact) mass is 418 g/mol. The van der Waals surface area contributed by atoms with Gasteiger partial charge in [0.25, 0.3) is 11.8 Å². The number of anilines is 1. The fourth-order valence-electron chi connectivity index (χ4n) is 3.72. The van der Waals surface area contributed by atoms with Crippen LogP contribution in [-0.2, 0) is 9.59 Å². The number of imide groups is 1. The van der Waals surface area contributed by atoms with Crippen LogP contribution in [0.5, 0.6) is 0 Å². The first kappa shape index (κ1) is 19.0. The van der Waals surface area contributed by atoms with E-state index < -0.39 is 17.6 Å². The number of carbonyl (C=O) groups is 2. The molecule has 0 saturated carbocycles. The first-order chi connectivity index (χ1) is 13.5. The van der Waals surface area contributed by atoms with Gasteiger partial charge in [0.1, 0.15) is 11.5 Å². The van der Waals surface area contributed by atoms with Gasteiger partial charge in [-0.3, -0.25) is 9.59 Å². The zero-order chi connectivity index (χ0) is 19.8. The minimum Gasteiger partial charge on any atom is -0.366 e. The van der Waals surface area contributed by atoms with Crippen molar-refractivity contribution in [3.63, 3.8) is 0 Å². The zero-order valence-electron chi connectivity index (χ0n) is 14.9. The number of halogens is 3. The van der Waals surface area contributed by atoms with E-state index in [1.54, 1.807) is 18.2 Å². The summed E-state index contributed by atoms with van der Waals surface area (Å²) in [7, 11) is 0. The predicted molar refractivity (Wildman–Crippen MR) is 108 cm³/mol. The van der Waals surface area contributed by atoms with Crippen molar-refractivity contribution in [3.8, 4) is 0 Å². The summed E-state index contributed by atoms with van der Waals surface area (Å²) in [6.07, 6.45) is 2.92. The number of piperidine rings is 1. The van der Waals surface area contributed by atoms with Crippen molar-refractivity contribution in [1.29, 1.82) is 0 Å². The molecule has 2 aliphatic heterocycles. The third-order valence-electron chi connectivity index (χ3n) is 5.03. The molecule has 28 heavy (non-hydrogen) atoms. The molecule has 2 aromatic carbocycles. The summed E-state index contributed by atoms with van der Waals surface area (Å²) in [4.78, 5) is 29.4. The van der Waals surface area contributed by atoms with E-state index in [0.717, 1.165) is 24.2 Å². The van der Waals surface area contributed by atoms with Crippen molar-refractivity contribution >= 4 is 46.3 Å². The highest BCUT2D eigenvalue weighted by Crippen LogP contribution is 2.39. The van der Waals surface area contributed by atoms with Crippen LogP contribution >= 0.6 is 23.2 Å². The number of amides is 2. The molecule has 1 fully saturated rings. The lowest BCUT2D eigenvalue weighted by Gasteiger charge is -2.29. The van der Waals surface area contributed by atoms with Crippen molar-refractivity contribution < 1.29 is 14.0 Å². The highest BCUT2D eigenvalue weighted by Gasteiger charge is 2.44. The van der Waals surface area contributed by atoms with E-state index in [0.29, 0.717) is 23.7 Å². The number of rotatable bonds is 3. The molecule has 4 nitrogen and oxygen atoms in total. The molecule has 0 N–H and O–H groups in total. The van der Waals surface area contributed by atoms with Crippen LogP contribution in [0.25, 0.3) is 5.57 Å². The van der Waals surface area contributed by atoms with Gasteiger partial charge in [-0.1, -0.05) is 41.4 Å². The van der Waals surface area contributed by atoms with E-state index in [1.807, 2.05) is 4.90 Å². The third-order valence-corrected chi connectivity index (χ3v) is 5.57. The molecule has 1 saturated heterocycles. The number of hydrogen-bond donors (Lipinski definition) is 0. The smallest absolute Gasteiger partial charge is 0.282 e. The van der Waals surface area contributed by atoms with Gasteiger partial charge in [0.05, 0.1) is 16.3 Å². The second-order valence-corrected chi connectivity index (χ2v) is 7.64. The molecule has 4 rings (SSSR count). The Kier molecular flexibility index (Phi) is 5.13. The molecule has 0 atom stereocenters. The Labute approximate surface area is 172 Å². The van der Waals surface area contributed by atoms with Crippen molar-refractivity contribution in [1.82, 2.24) is 4.90 Å². The summed E-state index contributed by atoms with van der Waals surface area (Å²) < 4.78 is 14.4. The van der Waals surface area contributed by atoms with Gasteiger partial charge in [-0.05, 0) is 43.5 Å². The van der Waals surface area contributed by atoms with Crippen LogP contribution < -0.4 is 4.90 Å². The van der Waals surface area contributed by atoms with E-state index in [9.17, 15) is 14.0 Å². The van der Waals surface area contributed by atoms with Crippen LogP contribution in [0.4, 0.5) is 10.1 Å². The minimum atomic E-state index is -0.634. The van der Waals surface area contributed by atoms with Gasteiger partial charge in [0.2, 0.25) is 0 Å². The Bertz CT molecular complexity index is 1000. The summed E-state index contributed by atoms with van der Waals surface area (Å²) in [5.41, 5.74) is 0.824. The molecule has 0 aromatic heterocycles. The summed E-state index contributed by atoms with van der Waals surface area (Å²) in [5, 5.41) is 0.699. The SMILES string of the molecule is O=C1C(c2ccc(Cl)cc2Cl)=C(N2CCCCC2)C(=O)N1c1ccccc1F. The van der Waals surface area contributed by atoms with Gasteiger partial charge in [0.15, 0.2) is 0 Å². The Morgan fingerprint density at radius 2 is 1.61 bits per heavy atom. The lowest BCUT2D eigenvalue weighted by atomic mass is 10.0. The molecular formula is C21H17Cl2FN2O2. The number of hydrogen-bond acceptors (Lipinski definition) is 3. The quantitative estimate of drug-likeness (QED) is 0.665. The normalized spacial score (nSPS) is 17.7. The average Bonchev–Trinajstić information content (AvgIpc) is 2.93. The molecule has 0 aliphatic carbocycles. The van der Waals surface area contributed by atoms with Crippen LogP contribution in [0.15, 0.2) is 48.2 Å². The molecular weight excluding hydrogens is 402 g/mol. The maximum atomic E-state index is 14.4. The standard InChI is InChI=1S/C21H17Cl2FN2O2/c22-13-8-9-14(15(23)12-13)18-19(25-10-4-1-5-11-25)21(28)26(20(18)27)17-7-3-2-6-16(17)24/h2-3,6-9,12H,1,4-5,10-11H2. The number of carbonyl (C=O) groups excluding carboxylic acids is 2. The fraction of sp³-hybridized carbons (Fsp3) is 0.238. The number of nitrogens with zero attached hydrogens (tertiary/aromatic N) is 2. The molecule has 0 spiro atoms.